The first-order valence-corrected chi connectivity index (χ1v) is 10.3. The lowest BCUT2D eigenvalue weighted by Crippen LogP contribution is -2.40. The molecule has 0 spiro atoms. The molecule has 158 valence electrons. The molecule has 31 heavy (non-hydrogen) atoms. The van der Waals surface area contributed by atoms with Gasteiger partial charge in [0.25, 0.3) is 5.56 Å². The Balaban J connectivity index is 1.62. The van der Waals surface area contributed by atoms with Crippen LogP contribution in [0.15, 0.2) is 64.2 Å². The highest BCUT2D eigenvalue weighted by Gasteiger charge is 2.26. The fourth-order valence-electron chi connectivity index (χ4n) is 4.21. The van der Waals surface area contributed by atoms with Crippen molar-refractivity contribution in [1.29, 1.82) is 0 Å². The molecule has 8 heteroatoms. The number of benzene rings is 2. The standard InChI is InChI=1S/C23H22FN5O2/c1-26-20-19(21(30)29(23(26)31)15-12-16-6-3-2-4-7-16)28-14-5-13-27(22(28)25-20)18-10-8-17(24)9-11-18/h2-4,6-11H,5,12-15H2,1H3. The minimum absolute atomic E-state index is 0.299. The van der Waals surface area contributed by atoms with E-state index in [1.54, 1.807) is 19.2 Å². The molecule has 4 aromatic rings. The summed E-state index contributed by atoms with van der Waals surface area (Å²) in [5, 5.41) is 0. The Morgan fingerprint density at radius 1 is 1.00 bits per heavy atom. The van der Waals surface area contributed by atoms with Crippen LogP contribution in [0.3, 0.4) is 0 Å². The van der Waals surface area contributed by atoms with Gasteiger partial charge in [0, 0.05) is 32.4 Å². The normalized spacial score (nSPS) is 13.5. The van der Waals surface area contributed by atoms with Gasteiger partial charge in [-0.25, -0.2) is 9.18 Å². The Kier molecular flexibility index (Phi) is 4.69. The van der Waals surface area contributed by atoms with Crippen LogP contribution in [0.2, 0.25) is 0 Å². The SMILES string of the molecule is Cn1c(=O)n(CCc2ccccc2)c(=O)c2c1nc1n2CCCN1c1ccc(F)cc1. The number of rotatable bonds is 4. The Morgan fingerprint density at radius 3 is 2.48 bits per heavy atom. The minimum atomic E-state index is -0.378. The minimum Gasteiger partial charge on any atom is -0.312 e. The van der Waals surface area contributed by atoms with E-state index in [0.717, 1.165) is 17.7 Å². The van der Waals surface area contributed by atoms with Gasteiger partial charge in [-0.1, -0.05) is 30.3 Å². The molecule has 0 N–H and O–H groups in total. The van der Waals surface area contributed by atoms with Crippen LogP contribution in [-0.4, -0.2) is 25.2 Å². The molecule has 0 amide bonds. The number of aromatic nitrogens is 4. The molecule has 0 saturated carbocycles. The van der Waals surface area contributed by atoms with Crippen molar-refractivity contribution in [3.63, 3.8) is 0 Å². The van der Waals surface area contributed by atoms with E-state index in [2.05, 4.69) is 4.98 Å². The first-order chi connectivity index (χ1) is 15.0. The first-order valence-electron chi connectivity index (χ1n) is 10.3. The monoisotopic (exact) mass is 419 g/mol. The molecule has 0 atom stereocenters. The molecule has 3 heterocycles. The zero-order valence-electron chi connectivity index (χ0n) is 17.2. The maximum atomic E-state index is 13.4. The zero-order chi connectivity index (χ0) is 21.5. The van der Waals surface area contributed by atoms with Gasteiger partial charge < -0.3 is 9.47 Å². The average molecular weight is 419 g/mol. The van der Waals surface area contributed by atoms with Gasteiger partial charge in [-0.2, -0.15) is 4.98 Å². The number of halogens is 1. The van der Waals surface area contributed by atoms with Crippen LogP contribution in [0, 0.1) is 5.82 Å². The summed E-state index contributed by atoms with van der Waals surface area (Å²) in [5.74, 6) is 0.290. The summed E-state index contributed by atoms with van der Waals surface area (Å²) >= 11 is 0. The second-order valence-corrected chi connectivity index (χ2v) is 7.75. The zero-order valence-corrected chi connectivity index (χ0v) is 17.2. The third-order valence-electron chi connectivity index (χ3n) is 5.82. The molecule has 2 aromatic carbocycles. The molecule has 0 radical (unpaired) electrons. The lowest BCUT2D eigenvalue weighted by Gasteiger charge is -2.29. The molecule has 1 aliphatic heterocycles. The van der Waals surface area contributed by atoms with Crippen molar-refractivity contribution in [1.82, 2.24) is 18.7 Å². The fraction of sp³-hybridized carbons (Fsp3) is 0.261. The van der Waals surface area contributed by atoms with Crippen molar-refractivity contribution < 1.29 is 4.39 Å². The maximum absolute atomic E-state index is 13.4. The highest BCUT2D eigenvalue weighted by Crippen LogP contribution is 2.30. The van der Waals surface area contributed by atoms with Crippen LogP contribution in [0.25, 0.3) is 11.2 Å². The van der Waals surface area contributed by atoms with E-state index in [1.807, 2.05) is 39.8 Å². The number of aryl methyl sites for hydroxylation is 3. The Morgan fingerprint density at radius 2 is 1.74 bits per heavy atom. The van der Waals surface area contributed by atoms with Gasteiger partial charge in [0.15, 0.2) is 11.2 Å². The van der Waals surface area contributed by atoms with Gasteiger partial charge in [0.05, 0.1) is 0 Å². The summed E-state index contributed by atoms with van der Waals surface area (Å²) in [5.41, 5.74) is 1.96. The van der Waals surface area contributed by atoms with Crippen molar-refractivity contribution in [2.75, 3.05) is 11.4 Å². The van der Waals surface area contributed by atoms with Gasteiger partial charge in [0.2, 0.25) is 5.95 Å². The Labute approximate surface area is 177 Å². The quantitative estimate of drug-likeness (QED) is 0.510. The van der Waals surface area contributed by atoms with Gasteiger partial charge in [-0.3, -0.25) is 13.9 Å². The second kappa shape index (κ2) is 7.54. The number of fused-ring (bicyclic) bond motifs is 3. The van der Waals surface area contributed by atoms with E-state index in [4.69, 9.17) is 0 Å². The molecule has 7 nitrogen and oxygen atoms in total. The summed E-state index contributed by atoms with van der Waals surface area (Å²) < 4.78 is 18.0. The molecule has 0 unspecified atom stereocenters. The molecule has 0 fully saturated rings. The molecule has 5 rings (SSSR count). The van der Waals surface area contributed by atoms with Crippen LogP contribution in [0.4, 0.5) is 16.0 Å². The van der Waals surface area contributed by atoms with Crippen LogP contribution >= 0.6 is 0 Å². The van der Waals surface area contributed by atoms with Crippen LogP contribution < -0.4 is 16.1 Å². The van der Waals surface area contributed by atoms with Crippen LogP contribution in [0.5, 0.6) is 0 Å². The van der Waals surface area contributed by atoms with Crippen LogP contribution in [0.1, 0.15) is 12.0 Å². The number of imidazole rings is 1. The molecule has 0 bridgehead atoms. The third kappa shape index (κ3) is 3.24. The van der Waals surface area contributed by atoms with Crippen molar-refractivity contribution in [3.05, 3.63) is 86.8 Å². The fourth-order valence-corrected chi connectivity index (χ4v) is 4.21. The van der Waals surface area contributed by atoms with E-state index in [1.165, 1.54) is 21.3 Å². The van der Waals surface area contributed by atoms with Gasteiger partial charge in [0.1, 0.15) is 5.82 Å². The maximum Gasteiger partial charge on any atom is 0.332 e. The largest absolute Gasteiger partial charge is 0.332 e. The van der Waals surface area contributed by atoms with Gasteiger partial charge in [-0.15, -0.1) is 0 Å². The molecule has 0 saturated heterocycles. The van der Waals surface area contributed by atoms with Crippen molar-refractivity contribution >= 4 is 22.8 Å². The lowest BCUT2D eigenvalue weighted by molar-refractivity contribution is 0.584. The third-order valence-corrected chi connectivity index (χ3v) is 5.82. The number of hydrogen-bond acceptors (Lipinski definition) is 4. The predicted octanol–water partition coefficient (Wildman–Crippen LogP) is 2.82. The molecule has 0 aliphatic carbocycles. The number of hydrogen-bond donors (Lipinski definition) is 0. The second-order valence-electron chi connectivity index (χ2n) is 7.75. The molecular formula is C23H22FN5O2. The topological polar surface area (TPSA) is 65.1 Å². The summed E-state index contributed by atoms with van der Waals surface area (Å²) in [6, 6.07) is 16.0. The van der Waals surface area contributed by atoms with Crippen molar-refractivity contribution in [3.8, 4) is 0 Å². The first kappa shape index (κ1) is 19.3. The average Bonchev–Trinajstić information content (AvgIpc) is 3.19. The smallest absolute Gasteiger partial charge is 0.312 e. The lowest BCUT2D eigenvalue weighted by atomic mass is 10.1. The molecule has 2 aromatic heterocycles. The van der Waals surface area contributed by atoms with Gasteiger partial charge in [-0.05, 0) is 42.7 Å². The van der Waals surface area contributed by atoms with E-state index in [-0.39, 0.29) is 17.1 Å². The predicted molar refractivity (Wildman–Crippen MR) is 117 cm³/mol. The summed E-state index contributed by atoms with van der Waals surface area (Å²) in [6.45, 7) is 1.63. The highest BCUT2D eigenvalue weighted by molar-refractivity contribution is 5.77. The summed E-state index contributed by atoms with van der Waals surface area (Å²) in [7, 11) is 1.64. The molecular weight excluding hydrogens is 397 g/mol. The number of nitrogens with zero attached hydrogens (tertiary/aromatic N) is 5. The van der Waals surface area contributed by atoms with E-state index < -0.39 is 0 Å². The van der Waals surface area contributed by atoms with Gasteiger partial charge >= 0.3 is 5.69 Å². The Hall–Kier alpha value is -3.68. The van der Waals surface area contributed by atoms with E-state index in [9.17, 15) is 14.0 Å². The summed E-state index contributed by atoms with van der Waals surface area (Å²) in [6.07, 6.45) is 1.40. The number of anilines is 2. The highest BCUT2D eigenvalue weighted by atomic mass is 19.1. The van der Waals surface area contributed by atoms with Crippen LogP contribution in [-0.2, 0) is 26.6 Å². The van der Waals surface area contributed by atoms with Crippen molar-refractivity contribution in [2.24, 2.45) is 7.05 Å². The van der Waals surface area contributed by atoms with Crippen molar-refractivity contribution in [2.45, 2.75) is 25.9 Å². The molecule has 1 aliphatic rings. The Bertz CT molecular complexity index is 1370. The van der Waals surface area contributed by atoms with E-state index >= 15 is 0 Å². The summed E-state index contributed by atoms with van der Waals surface area (Å²) in [4.78, 5) is 32.9. The van der Waals surface area contributed by atoms with E-state index in [0.29, 0.717) is 43.2 Å².